The third-order valence-corrected chi connectivity index (χ3v) is 4.31. The summed E-state index contributed by atoms with van der Waals surface area (Å²) in [5.41, 5.74) is -0.888. The number of ether oxygens (including phenoxy) is 1. The Kier molecular flexibility index (Phi) is 2.39. The number of hydrogen-bond acceptors (Lipinski definition) is 1. The van der Waals surface area contributed by atoms with Crippen LogP contribution in [-0.2, 0) is 4.74 Å². The molecule has 2 aliphatic rings. The van der Waals surface area contributed by atoms with Gasteiger partial charge in [-0.3, -0.25) is 0 Å². The average molecular weight is 271 g/mol. The minimum absolute atomic E-state index is 0.0923. The van der Waals surface area contributed by atoms with Gasteiger partial charge in [-0.25, -0.2) is 8.78 Å². The molecule has 1 aromatic carbocycles. The van der Waals surface area contributed by atoms with Crippen molar-refractivity contribution in [1.29, 1.82) is 0 Å². The van der Waals surface area contributed by atoms with Gasteiger partial charge in [0.15, 0.2) is 0 Å². The van der Waals surface area contributed by atoms with Gasteiger partial charge < -0.3 is 4.74 Å². The second kappa shape index (κ2) is 3.55. The number of hydrogen-bond donors (Lipinski definition) is 0. The predicted octanol–water partition coefficient (Wildman–Crippen LogP) is 4.17. The van der Waals surface area contributed by atoms with E-state index < -0.39 is 16.9 Å². The summed E-state index contributed by atoms with van der Waals surface area (Å²) in [5.74, 6) is -2.60. The Balaban J connectivity index is 1.79. The lowest BCUT2D eigenvalue weighted by atomic mass is 9.90. The van der Waals surface area contributed by atoms with E-state index in [0.717, 1.165) is 5.56 Å². The molecular weight excluding hydrogens is 258 g/mol. The molecule has 3 rings (SSSR count). The molecule has 2 unspecified atom stereocenters. The van der Waals surface area contributed by atoms with E-state index in [2.05, 4.69) is 0 Å². The Morgan fingerprint density at radius 2 is 1.83 bits per heavy atom. The van der Waals surface area contributed by atoms with Crippen LogP contribution < -0.4 is 0 Å². The zero-order chi connectivity index (χ0) is 13.0. The minimum Gasteiger partial charge on any atom is -0.364 e. The molecule has 96 valence electrons. The lowest BCUT2D eigenvalue weighted by Crippen LogP contribution is -2.26. The summed E-state index contributed by atoms with van der Waals surface area (Å²) in [6.45, 7) is 1.97. The molecule has 1 heterocycles. The smallest absolute Gasteiger partial charge is 0.257 e. The Morgan fingerprint density at radius 3 is 2.28 bits per heavy atom. The third-order valence-electron chi connectivity index (χ3n) is 4.06. The zero-order valence-electron chi connectivity index (χ0n) is 9.92. The normalized spacial score (nSPS) is 36.9. The van der Waals surface area contributed by atoms with Crippen molar-refractivity contribution in [2.24, 2.45) is 5.41 Å². The highest BCUT2D eigenvalue weighted by Gasteiger charge is 2.80. The van der Waals surface area contributed by atoms with Crippen molar-refractivity contribution in [2.45, 2.75) is 24.9 Å². The Hall–Kier alpha value is -0.930. The van der Waals surface area contributed by atoms with Gasteiger partial charge in [-0.15, -0.1) is 0 Å². The average Bonchev–Trinajstić information content (AvgIpc) is 3.18. The van der Waals surface area contributed by atoms with Crippen molar-refractivity contribution < 1.29 is 13.5 Å². The molecule has 4 heteroatoms. The largest absolute Gasteiger partial charge is 0.364 e. The summed E-state index contributed by atoms with van der Waals surface area (Å²) in [7, 11) is 0. The topological polar surface area (TPSA) is 12.5 Å². The molecule has 0 spiro atoms. The van der Waals surface area contributed by atoms with Crippen molar-refractivity contribution >= 4 is 17.7 Å². The van der Waals surface area contributed by atoms with Gasteiger partial charge in [0.25, 0.3) is 5.92 Å². The first-order chi connectivity index (χ1) is 8.39. The van der Waals surface area contributed by atoms with Gasteiger partial charge in [-0.1, -0.05) is 36.7 Å². The van der Waals surface area contributed by atoms with Gasteiger partial charge in [-0.2, -0.15) is 0 Å². The van der Waals surface area contributed by atoms with Crippen LogP contribution in [0.15, 0.2) is 30.3 Å². The summed E-state index contributed by atoms with van der Waals surface area (Å²) < 4.78 is 32.0. The first-order valence-corrected chi connectivity index (χ1v) is 6.23. The fourth-order valence-electron chi connectivity index (χ4n) is 2.34. The Morgan fingerprint density at radius 1 is 1.28 bits per heavy atom. The summed E-state index contributed by atoms with van der Waals surface area (Å²) in [6, 6.07) is 7.24. The maximum Gasteiger partial charge on any atom is 0.257 e. The molecule has 0 bridgehead atoms. The highest BCUT2D eigenvalue weighted by molar-refractivity contribution is 6.30. The van der Waals surface area contributed by atoms with Gasteiger partial charge in [-0.05, 0) is 23.8 Å². The summed E-state index contributed by atoms with van der Waals surface area (Å²) >= 11 is 5.79. The van der Waals surface area contributed by atoms with Gasteiger partial charge in [0.1, 0.15) is 5.60 Å². The van der Waals surface area contributed by atoms with E-state index in [1.807, 2.05) is 18.2 Å². The van der Waals surface area contributed by atoms with Crippen LogP contribution in [0.2, 0.25) is 5.02 Å². The lowest BCUT2D eigenvalue weighted by Gasteiger charge is -2.15. The van der Waals surface area contributed by atoms with E-state index in [0.29, 0.717) is 11.6 Å². The van der Waals surface area contributed by atoms with E-state index in [4.69, 9.17) is 16.3 Å². The van der Waals surface area contributed by atoms with Crippen LogP contribution in [0.5, 0.6) is 0 Å². The lowest BCUT2D eigenvalue weighted by molar-refractivity contribution is 0.0449. The summed E-state index contributed by atoms with van der Waals surface area (Å²) in [6.07, 6.45) is 3.49. The van der Waals surface area contributed by atoms with Gasteiger partial charge >= 0.3 is 0 Å². The molecule has 0 amide bonds. The molecule has 1 aliphatic heterocycles. The highest BCUT2D eigenvalue weighted by atomic mass is 35.5. The molecule has 1 aliphatic carbocycles. The molecule has 1 saturated carbocycles. The first-order valence-electron chi connectivity index (χ1n) is 5.85. The van der Waals surface area contributed by atoms with Crippen LogP contribution in [0.3, 0.4) is 0 Å². The van der Waals surface area contributed by atoms with E-state index in [-0.39, 0.29) is 6.42 Å². The van der Waals surface area contributed by atoms with Crippen LogP contribution in [0, 0.1) is 5.41 Å². The van der Waals surface area contributed by atoms with Crippen molar-refractivity contribution in [1.82, 2.24) is 0 Å². The maximum atomic E-state index is 13.4. The third kappa shape index (κ3) is 1.69. The number of rotatable bonds is 3. The quantitative estimate of drug-likeness (QED) is 0.751. The molecular formula is C14H13ClF2O. The molecule has 0 radical (unpaired) electrons. The molecule has 18 heavy (non-hydrogen) atoms. The standard InChI is InChI=1S/C14H13ClF2O/c1-12(8-14(12,16)17)13(9-18-13)7-6-10-2-4-11(15)5-3-10/h2-7H,8-9H2,1H3/b7-6+. The molecule has 2 atom stereocenters. The predicted molar refractivity (Wildman–Crippen MR) is 66.8 cm³/mol. The fraction of sp³-hybridized carbons (Fsp3) is 0.429. The van der Waals surface area contributed by atoms with Crippen LogP contribution in [0.25, 0.3) is 6.08 Å². The molecule has 0 aromatic heterocycles. The van der Waals surface area contributed by atoms with Crippen molar-refractivity contribution in [3.05, 3.63) is 40.9 Å². The van der Waals surface area contributed by atoms with Crippen LogP contribution in [0.1, 0.15) is 18.9 Å². The van der Waals surface area contributed by atoms with Gasteiger partial charge in [0.2, 0.25) is 0 Å². The second-order valence-electron chi connectivity index (χ2n) is 5.28. The van der Waals surface area contributed by atoms with Gasteiger partial charge in [0.05, 0.1) is 12.0 Å². The Bertz CT molecular complexity index is 505. The van der Waals surface area contributed by atoms with Crippen molar-refractivity contribution in [2.75, 3.05) is 6.61 Å². The molecule has 1 nitrogen and oxygen atoms in total. The van der Waals surface area contributed by atoms with Crippen LogP contribution in [0.4, 0.5) is 8.78 Å². The fourth-order valence-corrected chi connectivity index (χ4v) is 2.47. The number of halogens is 3. The number of alkyl halides is 2. The monoisotopic (exact) mass is 270 g/mol. The van der Waals surface area contributed by atoms with Crippen molar-refractivity contribution in [3.8, 4) is 0 Å². The summed E-state index contributed by atoms with van der Waals surface area (Å²) in [5, 5.41) is 0.658. The zero-order valence-corrected chi connectivity index (χ0v) is 10.7. The maximum absolute atomic E-state index is 13.4. The van der Waals surface area contributed by atoms with E-state index in [9.17, 15) is 8.78 Å². The highest BCUT2D eigenvalue weighted by Crippen LogP contribution is 2.70. The van der Waals surface area contributed by atoms with E-state index in [1.54, 1.807) is 25.1 Å². The summed E-state index contributed by atoms with van der Waals surface area (Å²) in [4.78, 5) is 0. The molecule has 1 aromatic rings. The van der Waals surface area contributed by atoms with E-state index >= 15 is 0 Å². The van der Waals surface area contributed by atoms with Crippen molar-refractivity contribution in [3.63, 3.8) is 0 Å². The Labute approximate surface area is 109 Å². The van der Waals surface area contributed by atoms with Gasteiger partial charge in [0, 0.05) is 11.4 Å². The van der Waals surface area contributed by atoms with Crippen LogP contribution >= 0.6 is 11.6 Å². The molecule has 2 fully saturated rings. The molecule has 0 N–H and O–H groups in total. The van der Waals surface area contributed by atoms with E-state index in [1.165, 1.54) is 0 Å². The SMILES string of the molecule is CC1(C2(/C=C/c3ccc(Cl)cc3)CO2)CC1(F)F. The number of epoxide rings is 1. The molecule has 1 saturated heterocycles. The first kappa shape index (κ1) is 12.1. The minimum atomic E-state index is -2.60. The second-order valence-corrected chi connectivity index (χ2v) is 5.71. The van der Waals surface area contributed by atoms with Crippen LogP contribution in [-0.4, -0.2) is 18.1 Å². The number of benzene rings is 1.